The number of amides is 1. The van der Waals surface area contributed by atoms with Gasteiger partial charge in [-0.15, -0.1) is 0 Å². The second kappa shape index (κ2) is 13.0. The first-order valence-electron chi connectivity index (χ1n) is 13.8. The normalized spacial score (nSPS) is 10.5. The Balaban J connectivity index is 1.36. The SMILES string of the molecule is O=C(c1cccc(C#Cc2ccccc2P(c2ccccc2)c2ccccc2)c1)N(c1ccccc1)c1ccccc1. The highest BCUT2D eigenvalue weighted by atomic mass is 31.1. The molecule has 0 heterocycles. The van der Waals surface area contributed by atoms with Gasteiger partial charge in [0.2, 0.25) is 0 Å². The van der Waals surface area contributed by atoms with Gasteiger partial charge in [0.15, 0.2) is 0 Å². The lowest BCUT2D eigenvalue weighted by Crippen LogP contribution is -2.25. The fraction of sp³-hybridized carbons (Fsp3) is 0. The molecule has 0 radical (unpaired) electrons. The van der Waals surface area contributed by atoms with Crippen LogP contribution in [0.25, 0.3) is 0 Å². The summed E-state index contributed by atoms with van der Waals surface area (Å²) >= 11 is 0. The van der Waals surface area contributed by atoms with Crippen LogP contribution in [-0.2, 0) is 0 Å². The van der Waals surface area contributed by atoms with Crippen LogP contribution in [0, 0.1) is 11.8 Å². The van der Waals surface area contributed by atoms with E-state index in [1.54, 1.807) is 4.90 Å². The molecular weight excluding hydrogens is 529 g/mol. The van der Waals surface area contributed by atoms with E-state index in [-0.39, 0.29) is 5.91 Å². The molecule has 0 N–H and O–H groups in total. The monoisotopic (exact) mass is 557 g/mol. The van der Waals surface area contributed by atoms with Crippen molar-refractivity contribution < 1.29 is 4.79 Å². The molecule has 0 aliphatic heterocycles. The van der Waals surface area contributed by atoms with Crippen LogP contribution in [0.2, 0.25) is 0 Å². The largest absolute Gasteiger partial charge is 0.277 e. The highest BCUT2D eigenvalue weighted by molar-refractivity contribution is 7.80. The Morgan fingerprint density at radius 1 is 0.500 bits per heavy atom. The number of benzene rings is 6. The fourth-order valence-electron chi connectivity index (χ4n) is 4.89. The average Bonchev–Trinajstić information content (AvgIpc) is 3.07. The summed E-state index contributed by atoms with van der Waals surface area (Å²) in [7, 11) is -0.787. The molecule has 0 aliphatic rings. The van der Waals surface area contributed by atoms with Gasteiger partial charge in [-0.3, -0.25) is 9.69 Å². The molecule has 0 unspecified atom stereocenters. The Hall–Kier alpha value is -5.22. The molecular formula is C39H28NOP. The zero-order chi connectivity index (χ0) is 28.6. The van der Waals surface area contributed by atoms with Gasteiger partial charge in [-0.25, -0.2) is 0 Å². The molecule has 3 heteroatoms. The standard InChI is InChI=1S/C39H28NOP/c41-39(40(34-19-5-1-6-20-34)35-21-7-2-8-22-35)33-18-15-16-31(30-33)28-29-32-17-13-14-27-38(32)42(36-23-9-3-10-24-36)37-25-11-4-12-26-37/h1-27,30H. The van der Waals surface area contributed by atoms with Crippen molar-refractivity contribution in [2.75, 3.05) is 4.90 Å². The Kier molecular flexibility index (Phi) is 8.33. The van der Waals surface area contributed by atoms with Crippen LogP contribution >= 0.6 is 7.92 Å². The van der Waals surface area contributed by atoms with Crippen molar-refractivity contribution in [1.82, 2.24) is 0 Å². The summed E-state index contributed by atoms with van der Waals surface area (Å²) in [6.07, 6.45) is 0. The number of carbonyl (C=O) groups is 1. The molecule has 1 amide bonds. The van der Waals surface area contributed by atoms with Gasteiger partial charge in [-0.2, -0.15) is 0 Å². The van der Waals surface area contributed by atoms with E-state index in [2.05, 4.69) is 90.7 Å². The van der Waals surface area contributed by atoms with Crippen molar-refractivity contribution in [3.8, 4) is 11.8 Å². The molecule has 6 aromatic carbocycles. The van der Waals surface area contributed by atoms with Crippen LogP contribution in [0.1, 0.15) is 21.5 Å². The minimum Gasteiger partial charge on any atom is -0.277 e. The Morgan fingerprint density at radius 2 is 1.00 bits per heavy atom. The number of para-hydroxylation sites is 2. The first kappa shape index (κ1) is 27.0. The van der Waals surface area contributed by atoms with Crippen LogP contribution < -0.4 is 20.8 Å². The van der Waals surface area contributed by atoms with Gasteiger partial charge in [-0.05, 0) is 67.1 Å². The van der Waals surface area contributed by atoms with Crippen LogP contribution in [0.15, 0.2) is 170 Å². The number of rotatable bonds is 6. The Morgan fingerprint density at radius 3 is 1.57 bits per heavy atom. The third kappa shape index (κ3) is 6.08. The molecule has 0 spiro atoms. The van der Waals surface area contributed by atoms with Gasteiger partial charge in [0.1, 0.15) is 0 Å². The van der Waals surface area contributed by atoms with Crippen molar-refractivity contribution >= 4 is 41.1 Å². The van der Waals surface area contributed by atoms with E-state index in [0.717, 1.165) is 22.5 Å². The smallest absolute Gasteiger partial charge is 0.262 e. The second-order valence-corrected chi connectivity index (χ2v) is 11.9. The third-order valence-electron chi connectivity index (χ3n) is 6.86. The summed E-state index contributed by atoms with van der Waals surface area (Å²) in [6, 6.07) is 56.7. The number of carbonyl (C=O) groups excluding carboxylic acids is 1. The third-order valence-corrected chi connectivity index (χ3v) is 9.36. The topological polar surface area (TPSA) is 20.3 Å². The minimum atomic E-state index is -0.787. The minimum absolute atomic E-state index is 0.104. The van der Waals surface area contributed by atoms with E-state index in [0.29, 0.717) is 5.56 Å². The van der Waals surface area contributed by atoms with Crippen LogP contribution in [0.5, 0.6) is 0 Å². The van der Waals surface area contributed by atoms with E-state index >= 15 is 0 Å². The van der Waals surface area contributed by atoms with Crippen molar-refractivity contribution in [3.05, 3.63) is 187 Å². The maximum absolute atomic E-state index is 13.9. The number of anilines is 2. The van der Waals surface area contributed by atoms with Crippen LogP contribution in [0.4, 0.5) is 11.4 Å². The summed E-state index contributed by atoms with van der Waals surface area (Å²) in [5.74, 6) is 6.71. The fourth-order valence-corrected chi connectivity index (χ4v) is 7.29. The van der Waals surface area contributed by atoms with Gasteiger partial charge in [-0.1, -0.05) is 133 Å². The van der Waals surface area contributed by atoms with Crippen LogP contribution in [-0.4, -0.2) is 5.91 Å². The molecule has 200 valence electrons. The van der Waals surface area contributed by atoms with Gasteiger partial charge in [0, 0.05) is 33.4 Å². The lowest BCUT2D eigenvalue weighted by Gasteiger charge is -2.23. The maximum atomic E-state index is 13.9. The molecule has 2 nitrogen and oxygen atoms in total. The molecule has 0 aliphatic carbocycles. The van der Waals surface area contributed by atoms with Crippen molar-refractivity contribution in [2.24, 2.45) is 0 Å². The predicted octanol–water partition coefficient (Wildman–Crippen LogP) is 7.82. The van der Waals surface area contributed by atoms with E-state index in [4.69, 9.17) is 0 Å². The van der Waals surface area contributed by atoms with Crippen molar-refractivity contribution in [1.29, 1.82) is 0 Å². The zero-order valence-corrected chi connectivity index (χ0v) is 23.9. The first-order chi connectivity index (χ1) is 20.8. The molecule has 0 saturated carbocycles. The molecule has 0 aromatic heterocycles. The Bertz CT molecular complexity index is 1760. The second-order valence-electron chi connectivity index (χ2n) is 9.67. The van der Waals surface area contributed by atoms with E-state index in [1.807, 2.05) is 91.0 Å². The molecule has 0 saturated heterocycles. The lowest BCUT2D eigenvalue weighted by atomic mass is 10.1. The summed E-state index contributed by atoms with van der Waals surface area (Å²) in [4.78, 5) is 15.7. The molecule has 6 rings (SSSR count). The van der Waals surface area contributed by atoms with Gasteiger partial charge >= 0.3 is 0 Å². The Labute approximate surface area is 248 Å². The average molecular weight is 558 g/mol. The number of nitrogens with zero attached hydrogens (tertiary/aromatic N) is 1. The number of hydrogen-bond donors (Lipinski definition) is 0. The molecule has 42 heavy (non-hydrogen) atoms. The molecule has 0 atom stereocenters. The van der Waals surface area contributed by atoms with Gasteiger partial charge < -0.3 is 0 Å². The van der Waals surface area contributed by atoms with E-state index < -0.39 is 7.92 Å². The quantitative estimate of drug-likeness (QED) is 0.151. The highest BCUT2D eigenvalue weighted by Gasteiger charge is 2.20. The van der Waals surface area contributed by atoms with Crippen molar-refractivity contribution in [2.45, 2.75) is 0 Å². The lowest BCUT2D eigenvalue weighted by molar-refractivity contribution is 0.0999. The van der Waals surface area contributed by atoms with Crippen LogP contribution in [0.3, 0.4) is 0 Å². The molecule has 0 bridgehead atoms. The van der Waals surface area contributed by atoms with E-state index in [9.17, 15) is 4.79 Å². The summed E-state index contributed by atoms with van der Waals surface area (Å²) in [5.41, 5.74) is 3.99. The molecule has 6 aromatic rings. The number of hydrogen-bond acceptors (Lipinski definition) is 1. The summed E-state index contributed by atoms with van der Waals surface area (Å²) < 4.78 is 0. The highest BCUT2D eigenvalue weighted by Crippen LogP contribution is 2.34. The molecule has 0 fully saturated rings. The summed E-state index contributed by atoms with van der Waals surface area (Å²) in [5, 5.41) is 3.77. The van der Waals surface area contributed by atoms with Crippen molar-refractivity contribution in [3.63, 3.8) is 0 Å². The van der Waals surface area contributed by atoms with E-state index in [1.165, 1.54) is 15.9 Å². The maximum Gasteiger partial charge on any atom is 0.262 e. The summed E-state index contributed by atoms with van der Waals surface area (Å²) in [6.45, 7) is 0. The van der Waals surface area contributed by atoms with Gasteiger partial charge in [0.05, 0.1) is 0 Å². The first-order valence-corrected chi connectivity index (χ1v) is 15.2. The van der Waals surface area contributed by atoms with Gasteiger partial charge in [0.25, 0.3) is 5.91 Å². The zero-order valence-electron chi connectivity index (χ0n) is 23.0. The predicted molar refractivity (Wildman–Crippen MR) is 177 cm³/mol.